The minimum Gasteiger partial charge on any atom is -0.356 e. The third-order valence-corrected chi connectivity index (χ3v) is 3.92. The Morgan fingerprint density at radius 3 is 2.91 bits per heavy atom. The maximum absolute atomic E-state index is 12.2. The lowest BCUT2D eigenvalue weighted by Gasteiger charge is -2.32. The number of carbonyl (C=O) groups is 1. The number of likely N-dealkylation sites (N-methyl/N-ethyl adjacent to an activating group) is 1. The summed E-state index contributed by atoms with van der Waals surface area (Å²) in [5.41, 5.74) is -0.0243. The lowest BCUT2D eigenvalue weighted by Crippen LogP contribution is -2.44. The van der Waals surface area contributed by atoms with E-state index in [1.165, 1.54) is 12.3 Å². The number of hydrogen-bond acceptors (Lipinski definition) is 6. The van der Waals surface area contributed by atoms with E-state index in [0.717, 1.165) is 25.9 Å². The van der Waals surface area contributed by atoms with Gasteiger partial charge in [0.15, 0.2) is 0 Å². The number of anilines is 1. The number of piperidine rings is 1. The number of carbonyl (C=O) groups excluding carboxylic acids is 1. The molecule has 2 heterocycles. The van der Waals surface area contributed by atoms with Crippen LogP contribution in [0.25, 0.3) is 0 Å². The summed E-state index contributed by atoms with van der Waals surface area (Å²) in [6, 6.07) is 3.09. The Bertz CT molecular complexity index is 547. The van der Waals surface area contributed by atoms with Gasteiger partial charge in [0.1, 0.15) is 12.0 Å². The summed E-state index contributed by atoms with van der Waals surface area (Å²) < 4.78 is 0. The monoisotopic (exact) mass is 321 g/mol. The highest BCUT2D eigenvalue weighted by atomic mass is 16.6. The van der Waals surface area contributed by atoms with Crippen LogP contribution < -0.4 is 10.2 Å². The first-order valence-corrected chi connectivity index (χ1v) is 7.75. The number of nitro groups is 1. The van der Waals surface area contributed by atoms with E-state index in [1.54, 1.807) is 6.07 Å². The summed E-state index contributed by atoms with van der Waals surface area (Å²) in [7, 11) is 3.93. The van der Waals surface area contributed by atoms with E-state index in [1.807, 2.05) is 23.9 Å². The number of amides is 1. The first kappa shape index (κ1) is 17.1. The van der Waals surface area contributed by atoms with Gasteiger partial charge in [0.05, 0.1) is 10.8 Å². The molecule has 8 heteroatoms. The Labute approximate surface area is 135 Å². The SMILES string of the molecule is CN(C)CCNC(=O)[C@H]1CCCN(c2ccc([N+](=O)[O-])cn2)C1. The van der Waals surface area contributed by atoms with Crippen molar-refractivity contribution in [2.24, 2.45) is 5.92 Å². The second-order valence-corrected chi connectivity index (χ2v) is 6.01. The van der Waals surface area contributed by atoms with Crippen LogP contribution in [-0.2, 0) is 4.79 Å². The summed E-state index contributed by atoms with van der Waals surface area (Å²) in [6.45, 7) is 2.86. The van der Waals surface area contributed by atoms with Crippen molar-refractivity contribution in [2.45, 2.75) is 12.8 Å². The summed E-state index contributed by atoms with van der Waals surface area (Å²) in [5, 5.41) is 13.6. The van der Waals surface area contributed by atoms with Gasteiger partial charge in [0, 0.05) is 32.2 Å². The molecule has 0 spiro atoms. The van der Waals surface area contributed by atoms with Crippen molar-refractivity contribution < 1.29 is 9.72 Å². The molecule has 1 aromatic rings. The molecule has 23 heavy (non-hydrogen) atoms. The molecule has 0 radical (unpaired) electrons. The molecule has 1 aromatic heterocycles. The Balaban J connectivity index is 1.92. The molecular formula is C15H23N5O3. The summed E-state index contributed by atoms with van der Waals surface area (Å²) in [4.78, 5) is 30.6. The van der Waals surface area contributed by atoms with Crippen molar-refractivity contribution in [2.75, 3.05) is 45.2 Å². The minimum absolute atomic E-state index is 0.0243. The molecule has 0 aliphatic carbocycles. The Morgan fingerprint density at radius 2 is 2.30 bits per heavy atom. The van der Waals surface area contributed by atoms with Crippen molar-refractivity contribution in [3.8, 4) is 0 Å². The fourth-order valence-corrected chi connectivity index (χ4v) is 2.62. The molecule has 1 atom stereocenters. The Kier molecular flexibility index (Phi) is 5.86. The van der Waals surface area contributed by atoms with Gasteiger partial charge in [-0.2, -0.15) is 0 Å². The summed E-state index contributed by atoms with van der Waals surface area (Å²) in [6.07, 6.45) is 3.03. The van der Waals surface area contributed by atoms with E-state index in [-0.39, 0.29) is 17.5 Å². The zero-order valence-electron chi connectivity index (χ0n) is 13.6. The van der Waals surface area contributed by atoms with Crippen LogP contribution in [0.3, 0.4) is 0 Å². The van der Waals surface area contributed by atoms with Crippen molar-refractivity contribution in [3.63, 3.8) is 0 Å². The van der Waals surface area contributed by atoms with Crippen molar-refractivity contribution in [1.82, 2.24) is 15.2 Å². The maximum atomic E-state index is 12.2. The number of nitrogens with zero attached hydrogens (tertiary/aromatic N) is 4. The molecule has 1 saturated heterocycles. The highest BCUT2D eigenvalue weighted by Gasteiger charge is 2.26. The highest BCUT2D eigenvalue weighted by molar-refractivity contribution is 5.79. The average Bonchev–Trinajstić information content (AvgIpc) is 2.54. The molecule has 1 aliphatic heterocycles. The van der Waals surface area contributed by atoms with E-state index in [9.17, 15) is 14.9 Å². The van der Waals surface area contributed by atoms with E-state index in [2.05, 4.69) is 10.3 Å². The van der Waals surface area contributed by atoms with Crippen LogP contribution >= 0.6 is 0 Å². The van der Waals surface area contributed by atoms with Crippen LogP contribution in [0.4, 0.5) is 11.5 Å². The molecule has 0 saturated carbocycles. The number of aromatic nitrogens is 1. The first-order valence-electron chi connectivity index (χ1n) is 7.75. The molecule has 1 fully saturated rings. The van der Waals surface area contributed by atoms with Gasteiger partial charge < -0.3 is 15.1 Å². The van der Waals surface area contributed by atoms with E-state index in [4.69, 9.17) is 0 Å². The van der Waals surface area contributed by atoms with Crippen LogP contribution in [-0.4, -0.2) is 61.0 Å². The van der Waals surface area contributed by atoms with Crippen LogP contribution in [0, 0.1) is 16.0 Å². The molecule has 0 unspecified atom stereocenters. The summed E-state index contributed by atoms with van der Waals surface area (Å²) >= 11 is 0. The van der Waals surface area contributed by atoms with Gasteiger partial charge in [0.2, 0.25) is 5.91 Å². The molecule has 1 aliphatic rings. The predicted molar refractivity (Wildman–Crippen MR) is 87.4 cm³/mol. The highest BCUT2D eigenvalue weighted by Crippen LogP contribution is 2.23. The third-order valence-electron chi connectivity index (χ3n) is 3.92. The second-order valence-electron chi connectivity index (χ2n) is 6.01. The fraction of sp³-hybridized carbons (Fsp3) is 0.600. The number of hydrogen-bond donors (Lipinski definition) is 1. The number of nitrogens with one attached hydrogen (secondary N) is 1. The lowest BCUT2D eigenvalue weighted by molar-refractivity contribution is -0.385. The molecule has 2 rings (SSSR count). The molecule has 0 bridgehead atoms. The zero-order chi connectivity index (χ0) is 16.8. The van der Waals surface area contributed by atoms with Crippen LogP contribution in [0.5, 0.6) is 0 Å². The molecule has 0 aromatic carbocycles. The minimum atomic E-state index is -0.464. The second kappa shape index (κ2) is 7.87. The molecule has 8 nitrogen and oxygen atoms in total. The maximum Gasteiger partial charge on any atom is 0.287 e. The van der Waals surface area contributed by atoms with Crippen LogP contribution in [0.1, 0.15) is 12.8 Å². The smallest absolute Gasteiger partial charge is 0.287 e. The van der Waals surface area contributed by atoms with E-state index >= 15 is 0 Å². The van der Waals surface area contributed by atoms with E-state index < -0.39 is 4.92 Å². The lowest BCUT2D eigenvalue weighted by atomic mass is 9.97. The van der Waals surface area contributed by atoms with Gasteiger partial charge in [-0.3, -0.25) is 14.9 Å². The molecular weight excluding hydrogens is 298 g/mol. The normalized spacial score (nSPS) is 18.0. The van der Waals surface area contributed by atoms with Crippen LogP contribution in [0.2, 0.25) is 0 Å². The zero-order valence-corrected chi connectivity index (χ0v) is 13.6. The van der Waals surface area contributed by atoms with Gasteiger partial charge in [-0.05, 0) is 33.0 Å². The average molecular weight is 321 g/mol. The Hall–Kier alpha value is -2.22. The van der Waals surface area contributed by atoms with E-state index in [0.29, 0.717) is 18.9 Å². The summed E-state index contributed by atoms with van der Waals surface area (Å²) in [5.74, 6) is 0.683. The fourth-order valence-electron chi connectivity index (χ4n) is 2.62. The predicted octanol–water partition coefficient (Wildman–Crippen LogP) is 0.884. The van der Waals surface area contributed by atoms with Gasteiger partial charge in [-0.15, -0.1) is 0 Å². The Morgan fingerprint density at radius 1 is 1.52 bits per heavy atom. The van der Waals surface area contributed by atoms with Gasteiger partial charge >= 0.3 is 0 Å². The molecule has 1 amide bonds. The van der Waals surface area contributed by atoms with Crippen molar-refractivity contribution >= 4 is 17.4 Å². The number of pyridine rings is 1. The quantitative estimate of drug-likeness (QED) is 0.618. The first-order chi connectivity index (χ1) is 11.0. The topological polar surface area (TPSA) is 91.6 Å². The number of rotatable bonds is 6. The molecule has 126 valence electrons. The van der Waals surface area contributed by atoms with Gasteiger partial charge in [-0.1, -0.05) is 0 Å². The van der Waals surface area contributed by atoms with Crippen LogP contribution in [0.15, 0.2) is 18.3 Å². The third kappa shape index (κ3) is 4.88. The van der Waals surface area contributed by atoms with Gasteiger partial charge in [-0.25, -0.2) is 4.98 Å². The standard InChI is InChI=1S/C15H23N5O3/c1-18(2)9-7-16-15(21)12-4-3-8-19(11-12)14-6-5-13(10-17-14)20(22)23/h5-6,10,12H,3-4,7-9,11H2,1-2H3,(H,16,21)/t12-/m0/s1. The molecule has 1 N–H and O–H groups in total. The van der Waals surface area contributed by atoms with Crippen molar-refractivity contribution in [3.05, 3.63) is 28.4 Å². The largest absolute Gasteiger partial charge is 0.356 e. The van der Waals surface area contributed by atoms with Gasteiger partial charge in [0.25, 0.3) is 5.69 Å². The van der Waals surface area contributed by atoms with Crippen molar-refractivity contribution in [1.29, 1.82) is 0 Å².